The summed E-state index contributed by atoms with van der Waals surface area (Å²) in [6, 6.07) is 0.367. The number of ether oxygens (including phenoxy) is 1. The summed E-state index contributed by atoms with van der Waals surface area (Å²) in [5, 5.41) is 6.58. The number of thiazole rings is 1. The van der Waals surface area contributed by atoms with Gasteiger partial charge in [0.25, 0.3) is 0 Å². The van der Waals surface area contributed by atoms with Crippen LogP contribution in [0.5, 0.6) is 0 Å². The van der Waals surface area contributed by atoms with Crippen LogP contribution in [0.2, 0.25) is 0 Å². The first kappa shape index (κ1) is 11.0. The maximum Gasteiger partial charge on any atom is 0.0941 e. The molecule has 1 aromatic heterocycles. The predicted octanol–water partition coefficient (Wildman–Crippen LogP) is 1.84. The first-order valence-corrected chi connectivity index (χ1v) is 6.32. The Kier molecular flexibility index (Phi) is 3.38. The van der Waals surface area contributed by atoms with Gasteiger partial charge in [0.05, 0.1) is 10.6 Å². The Hall–Kier alpha value is -0.450. The van der Waals surface area contributed by atoms with Crippen molar-refractivity contribution in [1.29, 1.82) is 0 Å². The van der Waals surface area contributed by atoms with E-state index in [0.29, 0.717) is 6.04 Å². The lowest BCUT2D eigenvalue weighted by Crippen LogP contribution is -2.48. The normalized spacial score (nSPS) is 28.1. The fourth-order valence-corrected chi connectivity index (χ4v) is 2.89. The van der Waals surface area contributed by atoms with Crippen molar-refractivity contribution in [2.24, 2.45) is 0 Å². The number of hydrogen-bond acceptors (Lipinski definition) is 4. The third-order valence-electron chi connectivity index (χ3n) is 3.20. The second kappa shape index (κ2) is 4.60. The lowest BCUT2D eigenvalue weighted by molar-refractivity contribution is -0.00944. The molecular formula is C11H18N2OS. The van der Waals surface area contributed by atoms with Crippen molar-refractivity contribution in [2.45, 2.75) is 37.8 Å². The monoisotopic (exact) mass is 226 g/mol. The van der Waals surface area contributed by atoms with E-state index in [9.17, 15) is 0 Å². The Labute approximate surface area is 94.9 Å². The quantitative estimate of drug-likeness (QED) is 0.850. The van der Waals surface area contributed by atoms with Gasteiger partial charge in [-0.2, -0.15) is 0 Å². The Morgan fingerprint density at radius 2 is 2.60 bits per heavy atom. The standard InChI is InChI=1S/C11H18N2OS/c1-11(4-3-6-14-11)9(12-2)8-10-13-5-7-15-10/h5,7,9,12H,3-4,6,8H2,1-2H3. The van der Waals surface area contributed by atoms with Gasteiger partial charge in [-0.15, -0.1) is 11.3 Å². The molecule has 1 aliphatic rings. The molecule has 2 unspecified atom stereocenters. The highest BCUT2D eigenvalue weighted by Gasteiger charge is 2.37. The molecule has 2 heterocycles. The summed E-state index contributed by atoms with van der Waals surface area (Å²) in [6.45, 7) is 3.10. The first-order chi connectivity index (χ1) is 7.24. The molecule has 0 radical (unpaired) electrons. The summed E-state index contributed by atoms with van der Waals surface area (Å²) < 4.78 is 5.86. The molecule has 1 saturated heterocycles. The fraction of sp³-hybridized carbons (Fsp3) is 0.727. The zero-order valence-electron chi connectivity index (χ0n) is 9.32. The molecule has 0 aromatic carbocycles. The van der Waals surface area contributed by atoms with Crippen molar-refractivity contribution in [1.82, 2.24) is 10.3 Å². The molecule has 15 heavy (non-hydrogen) atoms. The maximum absolute atomic E-state index is 5.86. The van der Waals surface area contributed by atoms with Gasteiger partial charge in [-0.25, -0.2) is 4.98 Å². The number of hydrogen-bond donors (Lipinski definition) is 1. The van der Waals surface area contributed by atoms with Crippen molar-refractivity contribution < 1.29 is 4.74 Å². The lowest BCUT2D eigenvalue weighted by Gasteiger charge is -2.32. The summed E-state index contributed by atoms with van der Waals surface area (Å²) in [4.78, 5) is 4.33. The molecule has 1 aliphatic heterocycles. The first-order valence-electron chi connectivity index (χ1n) is 5.44. The molecule has 1 fully saturated rings. The number of likely N-dealkylation sites (N-methyl/N-ethyl adjacent to an activating group) is 1. The largest absolute Gasteiger partial charge is 0.374 e. The van der Waals surface area contributed by atoms with E-state index in [0.717, 1.165) is 19.4 Å². The molecule has 4 heteroatoms. The van der Waals surface area contributed by atoms with Crippen molar-refractivity contribution in [3.8, 4) is 0 Å². The Morgan fingerprint density at radius 3 is 3.13 bits per heavy atom. The minimum Gasteiger partial charge on any atom is -0.374 e. The molecule has 3 nitrogen and oxygen atoms in total. The highest BCUT2D eigenvalue weighted by Crippen LogP contribution is 2.30. The molecule has 0 bridgehead atoms. The van der Waals surface area contributed by atoms with E-state index in [1.54, 1.807) is 11.3 Å². The van der Waals surface area contributed by atoms with Crippen LogP contribution in [0.4, 0.5) is 0 Å². The zero-order valence-corrected chi connectivity index (χ0v) is 10.1. The predicted molar refractivity (Wildman–Crippen MR) is 62.3 cm³/mol. The van der Waals surface area contributed by atoms with Crippen LogP contribution < -0.4 is 5.32 Å². The molecule has 0 spiro atoms. The average molecular weight is 226 g/mol. The van der Waals surface area contributed by atoms with Gasteiger partial charge in [-0.05, 0) is 26.8 Å². The third-order valence-corrected chi connectivity index (χ3v) is 4.00. The third kappa shape index (κ3) is 2.38. The van der Waals surface area contributed by atoms with Crippen LogP contribution in [-0.4, -0.2) is 30.3 Å². The molecule has 84 valence electrons. The van der Waals surface area contributed by atoms with E-state index in [1.165, 1.54) is 11.4 Å². The van der Waals surface area contributed by atoms with Gasteiger partial charge in [-0.1, -0.05) is 0 Å². The second-order valence-electron chi connectivity index (χ2n) is 4.24. The second-order valence-corrected chi connectivity index (χ2v) is 5.22. The van der Waals surface area contributed by atoms with Crippen molar-refractivity contribution in [2.75, 3.05) is 13.7 Å². The fourth-order valence-electron chi connectivity index (χ4n) is 2.23. The minimum absolute atomic E-state index is 0.0135. The van der Waals surface area contributed by atoms with Crippen LogP contribution in [-0.2, 0) is 11.2 Å². The molecule has 2 rings (SSSR count). The van der Waals surface area contributed by atoms with E-state index >= 15 is 0 Å². The van der Waals surface area contributed by atoms with E-state index in [4.69, 9.17) is 4.74 Å². The molecular weight excluding hydrogens is 208 g/mol. The number of rotatable bonds is 4. The lowest BCUT2D eigenvalue weighted by atomic mass is 9.91. The minimum atomic E-state index is -0.0135. The highest BCUT2D eigenvalue weighted by molar-refractivity contribution is 7.09. The number of aromatic nitrogens is 1. The summed E-state index contributed by atoms with van der Waals surface area (Å²) in [5.74, 6) is 0. The van der Waals surface area contributed by atoms with Gasteiger partial charge in [0.15, 0.2) is 0 Å². The van der Waals surface area contributed by atoms with Gasteiger partial charge in [0, 0.05) is 30.6 Å². The van der Waals surface area contributed by atoms with E-state index in [-0.39, 0.29) is 5.60 Å². The van der Waals surface area contributed by atoms with Crippen LogP contribution in [0.15, 0.2) is 11.6 Å². The summed E-state index contributed by atoms with van der Waals surface area (Å²) in [5.41, 5.74) is -0.0135. The van der Waals surface area contributed by atoms with Crippen LogP contribution in [0.1, 0.15) is 24.8 Å². The van der Waals surface area contributed by atoms with Crippen molar-refractivity contribution >= 4 is 11.3 Å². The van der Waals surface area contributed by atoms with Crippen LogP contribution in [0, 0.1) is 0 Å². The molecule has 1 aromatic rings. The number of nitrogens with one attached hydrogen (secondary N) is 1. The van der Waals surface area contributed by atoms with Crippen LogP contribution >= 0.6 is 11.3 Å². The van der Waals surface area contributed by atoms with Crippen LogP contribution in [0.25, 0.3) is 0 Å². The SMILES string of the molecule is CNC(Cc1nccs1)C1(C)CCCO1. The van der Waals surface area contributed by atoms with E-state index in [2.05, 4.69) is 17.2 Å². The summed E-state index contributed by atoms with van der Waals surface area (Å²) in [7, 11) is 2.01. The molecule has 0 amide bonds. The van der Waals surface area contributed by atoms with Gasteiger partial charge in [0.1, 0.15) is 0 Å². The van der Waals surface area contributed by atoms with Gasteiger partial charge in [0.2, 0.25) is 0 Å². The average Bonchev–Trinajstić information content (AvgIpc) is 2.85. The Morgan fingerprint density at radius 1 is 1.73 bits per heavy atom. The zero-order chi connectivity index (χ0) is 10.7. The molecule has 0 saturated carbocycles. The summed E-state index contributed by atoms with van der Waals surface area (Å²) in [6.07, 6.45) is 5.14. The van der Waals surface area contributed by atoms with Gasteiger partial charge < -0.3 is 10.1 Å². The topological polar surface area (TPSA) is 34.2 Å². The van der Waals surface area contributed by atoms with Gasteiger partial charge >= 0.3 is 0 Å². The summed E-state index contributed by atoms with van der Waals surface area (Å²) >= 11 is 1.72. The van der Waals surface area contributed by atoms with Crippen molar-refractivity contribution in [3.05, 3.63) is 16.6 Å². The molecule has 2 atom stereocenters. The Balaban J connectivity index is 2.03. The molecule has 1 N–H and O–H groups in total. The number of nitrogens with zero attached hydrogens (tertiary/aromatic N) is 1. The molecule has 0 aliphatic carbocycles. The maximum atomic E-state index is 5.86. The van der Waals surface area contributed by atoms with Crippen LogP contribution in [0.3, 0.4) is 0 Å². The Bertz CT molecular complexity index is 294. The highest BCUT2D eigenvalue weighted by atomic mass is 32.1. The van der Waals surface area contributed by atoms with Gasteiger partial charge in [-0.3, -0.25) is 0 Å². The smallest absolute Gasteiger partial charge is 0.0941 e. The van der Waals surface area contributed by atoms with Crippen molar-refractivity contribution in [3.63, 3.8) is 0 Å². The van der Waals surface area contributed by atoms with E-state index < -0.39 is 0 Å². The van der Waals surface area contributed by atoms with E-state index in [1.807, 2.05) is 18.6 Å².